The maximum absolute atomic E-state index is 12.3. The zero-order valence-electron chi connectivity index (χ0n) is 11.6. The number of imidazole rings is 1. The van der Waals surface area contributed by atoms with Crippen molar-refractivity contribution in [1.82, 2.24) is 9.97 Å². The number of aromatic amines is 1. The van der Waals surface area contributed by atoms with Crippen molar-refractivity contribution in [2.75, 3.05) is 18.5 Å². The fourth-order valence-electron chi connectivity index (χ4n) is 2.37. The van der Waals surface area contributed by atoms with E-state index in [1.807, 2.05) is 24.3 Å². The van der Waals surface area contributed by atoms with Gasteiger partial charge in [-0.3, -0.25) is 4.79 Å². The molecule has 1 aliphatic rings. The van der Waals surface area contributed by atoms with Gasteiger partial charge in [-0.15, -0.1) is 0 Å². The SMILES string of the molecule is NC1(C(=O)Nc2ccc(-c3cnc[nH]3)cc2)CCOCC1. The highest BCUT2D eigenvalue weighted by atomic mass is 16.5. The highest BCUT2D eigenvalue weighted by Crippen LogP contribution is 2.22. The zero-order chi connectivity index (χ0) is 14.7. The Morgan fingerprint density at radius 3 is 2.62 bits per heavy atom. The van der Waals surface area contributed by atoms with Gasteiger partial charge >= 0.3 is 0 Å². The number of aromatic nitrogens is 2. The molecule has 0 atom stereocenters. The van der Waals surface area contributed by atoms with E-state index in [0.29, 0.717) is 26.1 Å². The van der Waals surface area contributed by atoms with Gasteiger partial charge in [0.1, 0.15) is 5.54 Å². The van der Waals surface area contributed by atoms with Crippen LogP contribution in [0.4, 0.5) is 5.69 Å². The topological polar surface area (TPSA) is 93.0 Å². The van der Waals surface area contributed by atoms with Crippen LogP contribution in [0.15, 0.2) is 36.8 Å². The summed E-state index contributed by atoms with van der Waals surface area (Å²) < 4.78 is 5.25. The van der Waals surface area contributed by atoms with Crippen LogP contribution in [0.1, 0.15) is 12.8 Å². The number of ether oxygens (including phenoxy) is 1. The van der Waals surface area contributed by atoms with Crippen molar-refractivity contribution in [3.05, 3.63) is 36.8 Å². The standard InChI is InChI=1S/C15H18N4O2/c16-15(5-7-21-8-6-15)14(20)19-12-3-1-11(2-4-12)13-9-17-10-18-13/h1-4,9-10H,5-8,16H2,(H,17,18)(H,19,20). The summed E-state index contributed by atoms with van der Waals surface area (Å²) in [5, 5.41) is 2.88. The largest absolute Gasteiger partial charge is 0.381 e. The third-order valence-electron chi connectivity index (χ3n) is 3.79. The van der Waals surface area contributed by atoms with Crippen molar-refractivity contribution in [2.45, 2.75) is 18.4 Å². The number of rotatable bonds is 3. The zero-order valence-corrected chi connectivity index (χ0v) is 11.6. The molecule has 0 unspecified atom stereocenters. The van der Waals surface area contributed by atoms with E-state index in [1.54, 1.807) is 12.5 Å². The Morgan fingerprint density at radius 1 is 1.29 bits per heavy atom. The highest BCUT2D eigenvalue weighted by molar-refractivity contribution is 5.98. The molecule has 0 spiro atoms. The number of benzene rings is 1. The average molecular weight is 286 g/mol. The lowest BCUT2D eigenvalue weighted by molar-refractivity contribution is -0.124. The van der Waals surface area contributed by atoms with Crippen LogP contribution in [0.3, 0.4) is 0 Å². The number of H-pyrrole nitrogens is 1. The Hall–Kier alpha value is -2.18. The minimum Gasteiger partial charge on any atom is -0.381 e. The van der Waals surface area contributed by atoms with Crippen molar-refractivity contribution in [3.63, 3.8) is 0 Å². The number of nitrogens with two attached hydrogens (primary N) is 1. The van der Waals surface area contributed by atoms with Crippen molar-refractivity contribution in [2.24, 2.45) is 5.73 Å². The first-order valence-electron chi connectivity index (χ1n) is 6.94. The van der Waals surface area contributed by atoms with Crippen LogP contribution < -0.4 is 11.1 Å². The molecule has 2 heterocycles. The van der Waals surface area contributed by atoms with Gasteiger partial charge in [-0.25, -0.2) is 4.98 Å². The van der Waals surface area contributed by atoms with E-state index >= 15 is 0 Å². The summed E-state index contributed by atoms with van der Waals surface area (Å²) in [5.74, 6) is -0.153. The monoisotopic (exact) mass is 286 g/mol. The molecule has 21 heavy (non-hydrogen) atoms. The maximum atomic E-state index is 12.3. The quantitative estimate of drug-likeness (QED) is 0.797. The minimum atomic E-state index is -0.833. The molecule has 1 amide bonds. The number of nitrogens with one attached hydrogen (secondary N) is 2. The molecule has 0 saturated carbocycles. The van der Waals surface area contributed by atoms with Crippen LogP contribution in [0.25, 0.3) is 11.3 Å². The van der Waals surface area contributed by atoms with E-state index in [-0.39, 0.29) is 5.91 Å². The summed E-state index contributed by atoms with van der Waals surface area (Å²) in [4.78, 5) is 19.3. The van der Waals surface area contributed by atoms with Crippen LogP contribution in [0.5, 0.6) is 0 Å². The predicted octanol–water partition coefficient (Wildman–Crippen LogP) is 1.52. The predicted molar refractivity (Wildman–Crippen MR) is 79.6 cm³/mol. The molecular weight excluding hydrogens is 268 g/mol. The summed E-state index contributed by atoms with van der Waals surface area (Å²) in [6.45, 7) is 1.06. The average Bonchev–Trinajstić information content (AvgIpc) is 3.03. The van der Waals surface area contributed by atoms with Gasteiger partial charge in [-0.2, -0.15) is 0 Å². The molecule has 1 aliphatic heterocycles. The summed E-state index contributed by atoms with van der Waals surface area (Å²) in [5.41, 5.74) is 8.01. The van der Waals surface area contributed by atoms with Crippen LogP contribution in [-0.2, 0) is 9.53 Å². The Labute approximate surface area is 122 Å². The fraction of sp³-hybridized carbons (Fsp3) is 0.333. The van der Waals surface area contributed by atoms with Gasteiger partial charge in [0.2, 0.25) is 5.91 Å². The number of carbonyl (C=O) groups is 1. The molecule has 6 nitrogen and oxygen atoms in total. The number of hydrogen-bond acceptors (Lipinski definition) is 4. The lowest BCUT2D eigenvalue weighted by Crippen LogP contribution is -2.54. The number of anilines is 1. The number of amides is 1. The molecule has 1 aromatic heterocycles. The van der Waals surface area contributed by atoms with Crippen LogP contribution >= 0.6 is 0 Å². The molecule has 110 valence electrons. The summed E-state index contributed by atoms with van der Waals surface area (Å²) in [7, 11) is 0. The first kappa shape index (κ1) is 13.8. The van der Waals surface area contributed by atoms with E-state index in [9.17, 15) is 4.79 Å². The van der Waals surface area contributed by atoms with Gasteiger partial charge in [0, 0.05) is 18.9 Å². The minimum absolute atomic E-state index is 0.153. The van der Waals surface area contributed by atoms with Crippen molar-refractivity contribution >= 4 is 11.6 Å². The van der Waals surface area contributed by atoms with Gasteiger partial charge in [-0.1, -0.05) is 12.1 Å². The van der Waals surface area contributed by atoms with Gasteiger partial charge in [0.05, 0.1) is 18.2 Å². The summed E-state index contributed by atoms with van der Waals surface area (Å²) in [6, 6.07) is 7.57. The van der Waals surface area contributed by atoms with Crippen LogP contribution in [0, 0.1) is 0 Å². The Balaban J connectivity index is 1.69. The summed E-state index contributed by atoms with van der Waals surface area (Å²) in [6.07, 6.45) is 4.48. The van der Waals surface area contributed by atoms with Crippen LogP contribution in [-0.4, -0.2) is 34.6 Å². The molecule has 6 heteroatoms. The molecule has 4 N–H and O–H groups in total. The van der Waals surface area contributed by atoms with E-state index in [1.165, 1.54) is 0 Å². The number of nitrogens with zero attached hydrogens (tertiary/aromatic N) is 1. The molecule has 1 aromatic carbocycles. The Morgan fingerprint density at radius 2 is 2.00 bits per heavy atom. The van der Waals surface area contributed by atoms with E-state index < -0.39 is 5.54 Å². The van der Waals surface area contributed by atoms with Crippen molar-refractivity contribution in [1.29, 1.82) is 0 Å². The van der Waals surface area contributed by atoms with Gasteiger partial charge in [-0.05, 0) is 30.5 Å². The molecule has 1 fully saturated rings. The summed E-state index contributed by atoms with van der Waals surface area (Å²) >= 11 is 0. The second kappa shape index (κ2) is 5.67. The van der Waals surface area contributed by atoms with Crippen LogP contribution in [0.2, 0.25) is 0 Å². The second-order valence-corrected chi connectivity index (χ2v) is 5.27. The fourth-order valence-corrected chi connectivity index (χ4v) is 2.37. The number of carbonyl (C=O) groups excluding carboxylic acids is 1. The Kier molecular flexibility index (Phi) is 3.72. The first-order chi connectivity index (χ1) is 10.2. The normalized spacial score (nSPS) is 17.4. The van der Waals surface area contributed by atoms with Crippen molar-refractivity contribution < 1.29 is 9.53 Å². The smallest absolute Gasteiger partial charge is 0.244 e. The van der Waals surface area contributed by atoms with Gasteiger partial charge in [0.25, 0.3) is 0 Å². The molecule has 2 aromatic rings. The maximum Gasteiger partial charge on any atom is 0.244 e. The number of hydrogen-bond donors (Lipinski definition) is 3. The molecule has 1 saturated heterocycles. The molecular formula is C15H18N4O2. The third-order valence-corrected chi connectivity index (χ3v) is 3.79. The van der Waals surface area contributed by atoms with Gasteiger partial charge < -0.3 is 20.8 Å². The third kappa shape index (κ3) is 2.96. The first-order valence-corrected chi connectivity index (χ1v) is 6.94. The lowest BCUT2D eigenvalue weighted by Gasteiger charge is -2.31. The molecule has 0 radical (unpaired) electrons. The van der Waals surface area contributed by atoms with E-state index in [2.05, 4.69) is 15.3 Å². The lowest BCUT2D eigenvalue weighted by atomic mass is 9.90. The molecule has 3 rings (SSSR count). The highest BCUT2D eigenvalue weighted by Gasteiger charge is 2.35. The van der Waals surface area contributed by atoms with Crippen molar-refractivity contribution in [3.8, 4) is 11.3 Å². The second-order valence-electron chi connectivity index (χ2n) is 5.27. The van der Waals surface area contributed by atoms with E-state index in [4.69, 9.17) is 10.5 Å². The molecule has 0 aliphatic carbocycles. The molecule has 0 bridgehead atoms. The van der Waals surface area contributed by atoms with E-state index in [0.717, 1.165) is 16.9 Å². The van der Waals surface area contributed by atoms with Gasteiger partial charge in [0.15, 0.2) is 0 Å². The Bertz CT molecular complexity index is 601.